The molecule has 1 heterocycles. The van der Waals surface area contributed by atoms with Gasteiger partial charge in [-0.05, 0) is 35.9 Å². The van der Waals surface area contributed by atoms with Gasteiger partial charge in [-0.15, -0.1) is 0 Å². The van der Waals surface area contributed by atoms with E-state index in [1.54, 1.807) is 25.3 Å². The fraction of sp³-hybridized carbons (Fsp3) is 0.111. The molecule has 2 aromatic carbocycles. The number of nitrogens with two attached hydrogens (primary N) is 1. The van der Waals surface area contributed by atoms with Gasteiger partial charge in [-0.3, -0.25) is 0 Å². The lowest BCUT2D eigenvalue weighted by Gasteiger charge is -2.13. The van der Waals surface area contributed by atoms with E-state index in [1.807, 2.05) is 24.3 Å². The molecule has 0 fully saturated rings. The van der Waals surface area contributed by atoms with Crippen LogP contribution in [0.25, 0.3) is 0 Å². The van der Waals surface area contributed by atoms with Gasteiger partial charge in [0.2, 0.25) is 0 Å². The fourth-order valence-corrected chi connectivity index (χ4v) is 2.57. The van der Waals surface area contributed by atoms with Gasteiger partial charge in [-0.2, -0.15) is 0 Å². The summed E-state index contributed by atoms with van der Waals surface area (Å²) in [4.78, 5) is 8.39. The fourth-order valence-electron chi connectivity index (χ4n) is 2.28. The molecule has 0 aliphatic carbocycles. The number of halogens is 2. The Balaban J connectivity index is 1.72. The van der Waals surface area contributed by atoms with Crippen molar-refractivity contribution in [2.45, 2.75) is 6.54 Å². The van der Waals surface area contributed by atoms with E-state index >= 15 is 0 Å². The molecule has 0 atom stereocenters. The van der Waals surface area contributed by atoms with Crippen LogP contribution in [-0.2, 0) is 6.54 Å². The second-order valence-electron chi connectivity index (χ2n) is 5.44. The number of nitrogens with zero attached hydrogens (tertiary/aromatic N) is 2. The van der Waals surface area contributed by atoms with Crippen molar-refractivity contribution >= 4 is 46.2 Å². The van der Waals surface area contributed by atoms with Crippen LogP contribution in [0.1, 0.15) is 5.56 Å². The van der Waals surface area contributed by atoms with Gasteiger partial charge < -0.3 is 21.1 Å². The van der Waals surface area contributed by atoms with E-state index in [9.17, 15) is 0 Å². The maximum absolute atomic E-state index is 6.18. The van der Waals surface area contributed by atoms with Crippen molar-refractivity contribution in [2.75, 3.05) is 23.5 Å². The topological polar surface area (TPSA) is 85.1 Å². The predicted molar refractivity (Wildman–Crippen MR) is 107 cm³/mol. The molecule has 3 aromatic rings. The zero-order chi connectivity index (χ0) is 18.5. The predicted octanol–water partition coefficient (Wildman–Crippen LogP) is 4.73. The van der Waals surface area contributed by atoms with Gasteiger partial charge in [0.15, 0.2) is 11.6 Å². The molecule has 0 spiro atoms. The molecule has 6 nitrogen and oxygen atoms in total. The van der Waals surface area contributed by atoms with Crippen molar-refractivity contribution in [3.8, 4) is 5.75 Å². The van der Waals surface area contributed by atoms with Gasteiger partial charge >= 0.3 is 0 Å². The number of benzene rings is 2. The number of ether oxygens (including phenoxy) is 1. The highest BCUT2D eigenvalue weighted by Crippen LogP contribution is 2.30. The minimum Gasteiger partial charge on any atom is -0.497 e. The third kappa shape index (κ3) is 4.28. The number of hydrogen-bond donors (Lipinski definition) is 3. The summed E-state index contributed by atoms with van der Waals surface area (Å²) in [5, 5.41) is 7.26. The maximum atomic E-state index is 6.18. The number of anilines is 4. The van der Waals surface area contributed by atoms with Crippen molar-refractivity contribution < 1.29 is 4.74 Å². The maximum Gasteiger partial charge on any atom is 0.159 e. The van der Waals surface area contributed by atoms with Crippen molar-refractivity contribution in [2.24, 2.45) is 0 Å². The van der Waals surface area contributed by atoms with E-state index in [0.29, 0.717) is 33.9 Å². The lowest BCUT2D eigenvalue weighted by Crippen LogP contribution is -2.08. The van der Waals surface area contributed by atoms with E-state index < -0.39 is 0 Å². The Labute approximate surface area is 161 Å². The van der Waals surface area contributed by atoms with Gasteiger partial charge in [0.1, 0.15) is 17.8 Å². The molecule has 4 N–H and O–H groups in total. The summed E-state index contributed by atoms with van der Waals surface area (Å²) in [5.41, 5.74) is 8.39. The number of rotatable bonds is 6. The first-order chi connectivity index (χ1) is 12.6. The zero-order valence-corrected chi connectivity index (χ0v) is 15.5. The number of hydrogen-bond acceptors (Lipinski definition) is 6. The highest BCUT2D eigenvalue weighted by Gasteiger charge is 2.09. The highest BCUT2D eigenvalue weighted by atomic mass is 35.5. The van der Waals surface area contributed by atoms with E-state index in [-0.39, 0.29) is 0 Å². The van der Waals surface area contributed by atoms with Crippen LogP contribution in [0.3, 0.4) is 0 Å². The Morgan fingerprint density at radius 2 is 1.73 bits per heavy atom. The van der Waals surface area contributed by atoms with Crippen molar-refractivity contribution in [3.05, 3.63) is 64.4 Å². The molecule has 8 heteroatoms. The molecule has 0 saturated carbocycles. The Bertz CT molecular complexity index is 903. The monoisotopic (exact) mass is 389 g/mol. The van der Waals surface area contributed by atoms with Crippen LogP contribution in [0.5, 0.6) is 5.75 Å². The van der Waals surface area contributed by atoms with Crippen LogP contribution in [0, 0.1) is 0 Å². The lowest BCUT2D eigenvalue weighted by molar-refractivity contribution is 0.414. The first-order valence-electron chi connectivity index (χ1n) is 7.76. The normalized spacial score (nSPS) is 10.4. The average molecular weight is 390 g/mol. The summed E-state index contributed by atoms with van der Waals surface area (Å²) in [6.07, 6.45) is 1.44. The summed E-state index contributed by atoms with van der Waals surface area (Å²) < 4.78 is 5.15. The smallest absolute Gasteiger partial charge is 0.159 e. The lowest BCUT2D eigenvalue weighted by atomic mass is 10.2. The molecule has 0 amide bonds. The van der Waals surface area contributed by atoms with Crippen LogP contribution < -0.4 is 21.1 Å². The second kappa shape index (κ2) is 8.12. The quantitative estimate of drug-likeness (QED) is 0.564. The summed E-state index contributed by atoms with van der Waals surface area (Å²) in [7, 11) is 1.64. The molecule has 134 valence electrons. The van der Waals surface area contributed by atoms with Crippen molar-refractivity contribution in [1.82, 2.24) is 9.97 Å². The van der Waals surface area contributed by atoms with Crippen LogP contribution >= 0.6 is 23.2 Å². The van der Waals surface area contributed by atoms with Crippen LogP contribution in [0.15, 0.2) is 48.8 Å². The third-order valence-corrected chi connectivity index (χ3v) is 4.42. The molecule has 0 aliphatic rings. The molecule has 0 unspecified atom stereocenters. The minimum absolute atomic E-state index is 0.409. The van der Waals surface area contributed by atoms with Crippen molar-refractivity contribution in [3.63, 3.8) is 0 Å². The molecule has 3 rings (SSSR count). The summed E-state index contributed by atoms with van der Waals surface area (Å²) in [6, 6.07) is 12.9. The van der Waals surface area contributed by atoms with E-state index in [4.69, 9.17) is 33.7 Å². The van der Waals surface area contributed by atoms with Crippen LogP contribution in [-0.4, -0.2) is 17.1 Å². The van der Waals surface area contributed by atoms with E-state index in [1.165, 1.54) is 6.33 Å². The van der Waals surface area contributed by atoms with Crippen molar-refractivity contribution in [1.29, 1.82) is 0 Å². The molecule has 0 bridgehead atoms. The van der Waals surface area contributed by atoms with Crippen LogP contribution in [0.2, 0.25) is 10.0 Å². The molecule has 0 aliphatic heterocycles. The Morgan fingerprint density at radius 3 is 2.42 bits per heavy atom. The second-order valence-corrected chi connectivity index (χ2v) is 6.25. The summed E-state index contributed by atoms with van der Waals surface area (Å²) >= 11 is 12.0. The van der Waals surface area contributed by atoms with E-state index in [2.05, 4.69) is 20.6 Å². The molecule has 0 saturated heterocycles. The Hall–Kier alpha value is -2.70. The minimum atomic E-state index is 0.409. The number of aromatic nitrogens is 2. The SMILES string of the molecule is COc1ccc(CNc2ncnc(Nc3ccc(Cl)c(Cl)c3)c2N)cc1. The first-order valence-corrected chi connectivity index (χ1v) is 8.52. The Morgan fingerprint density at radius 1 is 1.00 bits per heavy atom. The highest BCUT2D eigenvalue weighted by molar-refractivity contribution is 6.42. The van der Waals surface area contributed by atoms with Crippen LogP contribution in [0.4, 0.5) is 23.0 Å². The number of nitrogen functional groups attached to an aromatic ring is 1. The summed E-state index contributed by atoms with van der Waals surface area (Å²) in [6.45, 7) is 0.567. The van der Waals surface area contributed by atoms with Gasteiger partial charge in [0.05, 0.1) is 17.2 Å². The largest absolute Gasteiger partial charge is 0.497 e. The van der Waals surface area contributed by atoms with Gasteiger partial charge in [-0.1, -0.05) is 35.3 Å². The van der Waals surface area contributed by atoms with E-state index in [0.717, 1.165) is 17.0 Å². The van der Waals surface area contributed by atoms with Gasteiger partial charge in [0, 0.05) is 12.2 Å². The molecular weight excluding hydrogens is 373 g/mol. The van der Waals surface area contributed by atoms with Gasteiger partial charge in [-0.25, -0.2) is 9.97 Å². The Kier molecular flexibility index (Phi) is 5.65. The molecular formula is C18H17Cl2N5O. The third-order valence-electron chi connectivity index (χ3n) is 3.69. The van der Waals surface area contributed by atoms with Gasteiger partial charge in [0.25, 0.3) is 0 Å². The number of methoxy groups -OCH3 is 1. The molecule has 26 heavy (non-hydrogen) atoms. The number of nitrogens with one attached hydrogen (secondary N) is 2. The molecule has 1 aromatic heterocycles. The average Bonchev–Trinajstić information content (AvgIpc) is 2.66. The summed E-state index contributed by atoms with van der Waals surface area (Å²) in [5.74, 6) is 1.83. The molecule has 0 radical (unpaired) electrons. The first kappa shape index (κ1) is 18.1. The standard InChI is InChI=1S/C18H17Cl2N5O/c1-26-13-5-2-11(3-6-13)9-22-17-16(21)18(24-10-23-17)25-12-4-7-14(19)15(20)8-12/h2-8,10H,9,21H2,1H3,(H2,22,23,24,25). The zero-order valence-electron chi connectivity index (χ0n) is 14.0.